The van der Waals surface area contributed by atoms with Gasteiger partial charge in [-0.05, 0) is 6.07 Å². The summed E-state index contributed by atoms with van der Waals surface area (Å²) in [6.07, 6.45) is 1.32. The number of halogens is 1. The molecular formula is C12H14FNO3. The van der Waals surface area contributed by atoms with E-state index in [2.05, 4.69) is 5.16 Å². The van der Waals surface area contributed by atoms with Gasteiger partial charge in [-0.1, -0.05) is 23.4 Å². The van der Waals surface area contributed by atoms with Crippen LogP contribution < -0.4 is 0 Å². The molecule has 4 nitrogen and oxygen atoms in total. The standard InChI is InChI=1S/C12H14FNO3/c13-11-4-2-1-3-10(11)5-14-17-9-12(6-15)7-16-8-12/h1-5,15H,6-9H2/b14-5+. The summed E-state index contributed by atoms with van der Waals surface area (Å²) in [5, 5.41) is 12.8. The van der Waals surface area contributed by atoms with Crippen LogP contribution in [0.3, 0.4) is 0 Å². The second-order valence-electron chi connectivity index (χ2n) is 4.18. The second-order valence-corrected chi connectivity index (χ2v) is 4.18. The van der Waals surface area contributed by atoms with Crippen LogP contribution >= 0.6 is 0 Å². The number of rotatable bonds is 5. The molecule has 92 valence electrons. The first-order valence-electron chi connectivity index (χ1n) is 5.34. The largest absolute Gasteiger partial charge is 0.395 e. The average molecular weight is 239 g/mol. The topological polar surface area (TPSA) is 51.0 Å². The minimum Gasteiger partial charge on any atom is -0.395 e. The summed E-state index contributed by atoms with van der Waals surface area (Å²) < 4.78 is 18.2. The number of hydrogen-bond acceptors (Lipinski definition) is 4. The maximum absolute atomic E-state index is 13.2. The van der Waals surface area contributed by atoms with Gasteiger partial charge in [-0.2, -0.15) is 0 Å². The minimum atomic E-state index is -0.344. The molecule has 1 aliphatic heterocycles. The Bertz CT molecular complexity index is 399. The summed E-state index contributed by atoms with van der Waals surface area (Å²) in [5.41, 5.74) is 0.0300. The average Bonchev–Trinajstić information content (AvgIpc) is 2.29. The lowest BCUT2D eigenvalue weighted by Crippen LogP contribution is -2.48. The molecule has 0 radical (unpaired) electrons. The zero-order valence-electron chi connectivity index (χ0n) is 9.30. The summed E-state index contributed by atoms with van der Waals surface area (Å²) in [4.78, 5) is 5.05. The van der Waals surface area contributed by atoms with Crippen LogP contribution in [0, 0.1) is 11.2 Å². The Kier molecular flexibility index (Phi) is 3.71. The Labute approximate surface area is 98.7 Å². The van der Waals surface area contributed by atoms with Gasteiger partial charge >= 0.3 is 0 Å². The fourth-order valence-corrected chi connectivity index (χ4v) is 1.46. The minimum absolute atomic E-state index is 0.00220. The number of oxime groups is 1. The summed E-state index contributed by atoms with van der Waals surface area (Å²) >= 11 is 0. The predicted molar refractivity (Wildman–Crippen MR) is 60.3 cm³/mol. The van der Waals surface area contributed by atoms with Crippen LogP contribution in [0.15, 0.2) is 29.4 Å². The van der Waals surface area contributed by atoms with Gasteiger partial charge in [0.05, 0.1) is 31.5 Å². The van der Waals surface area contributed by atoms with E-state index in [9.17, 15) is 4.39 Å². The highest BCUT2D eigenvalue weighted by atomic mass is 19.1. The molecule has 1 saturated heterocycles. The zero-order valence-corrected chi connectivity index (χ0v) is 9.30. The van der Waals surface area contributed by atoms with Crippen LogP contribution in [-0.4, -0.2) is 37.7 Å². The van der Waals surface area contributed by atoms with Gasteiger partial charge in [-0.3, -0.25) is 0 Å². The normalized spacial score (nSPS) is 18.0. The molecule has 0 aromatic heterocycles. The number of nitrogens with zero attached hydrogens (tertiary/aromatic N) is 1. The van der Waals surface area contributed by atoms with Crippen LogP contribution in [-0.2, 0) is 9.57 Å². The van der Waals surface area contributed by atoms with Gasteiger partial charge in [0, 0.05) is 5.56 Å². The number of aliphatic hydroxyl groups is 1. The summed E-state index contributed by atoms with van der Waals surface area (Å²) in [7, 11) is 0. The van der Waals surface area contributed by atoms with E-state index in [0.717, 1.165) is 0 Å². The quantitative estimate of drug-likeness (QED) is 0.620. The maximum Gasteiger partial charge on any atom is 0.132 e. The third kappa shape index (κ3) is 2.81. The van der Waals surface area contributed by atoms with Gasteiger partial charge in [0.25, 0.3) is 0 Å². The van der Waals surface area contributed by atoms with Crippen molar-refractivity contribution in [3.8, 4) is 0 Å². The summed E-state index contributed by atoms with van der Waals surface area (Å²) in [5.74, 6) is -0.344. The summed E-state index contributed by atoms with van der Waals surface area (Å²) in [6.45, 7) is 1.22. The van der Waals surface area contributed by atoms with Gasteiger partial charge in [0.2, 0.25) is 0 Å². The van der Waals surface area contributed by atoms with Crippen molar-refractivity contribution in [2.75, 3.05) is 26.4 Å². The second kappa shape index (κ2) is 5.25. The van der Waals surface area contributed by atoms with Crippen LogP contribution in [0.5, 0.6) is 0 Å². The Balaban J connectivity index is 1.84. The van der Waals surface area contributed by atoms with Gasteiger partial charge in [-0.25, -0.2) is 4.39 Å². The first-order valence-corrected chi connectivity index (χ1v) is 5.34. The molecule has 0 unspecified atom stereocenters. The highest BCUT2D eigenvalue weighted by Gasteiger charge is 2.39. The molecule has 1 heterocycles. The SMILES string of the molecule is OCC1(CO/N=C/c2ccccc2F)COC1. The molecule has 2 rings (SSSR count). The van der Waals surface area contributed by atoms with Gasteiger partial charge < -0.3 is 14.7 Å². The van der Waals surface area contributed by atoms with Crippen LogP contribution in [0.1, 0.15) is 5.56 Å². The van der Waals surface area contributed by atoms with E-state index in [-0.39, 0.29) is 24.4 Å². The number of ether oxygens (including phenoxy) is 1. The van der Waals surface area contributed by atoms with Gasteiger partial charge in [0.15, 0.2) is 0 Å². The monoisotopic (exact) mass is 239 g/mol. The first kappa shape index (κ1) is 12.0. The van der Waals surface area contributed by atoms with Crippen molar-refractivity contribution in [3.63, 3.8) is 0 Å². The number of benzene rings is 1. The molecule has 0 amide bonds. The molecule has 5 heteroatoms. The first-order chi connectivity index (χ1) is 8.26. The van der Waals surface area contributed by atoms with E-state index in [0.29, 0.717) is 18.8 Å². The summed E-state index contributed by atoms with van der Waals surface area (Å²) in [6, 6.07) is 6.30. The van der Waals surface area contributed by atoms with Crippen LogP contribution in [0.25, 0.3) is 0 Å². The van der Waals surface area contributed by atoms with Crippen LogP contribution in [0.4, 0.5) is 4.39 Å². The highest BCUT2D eigenvalue weighted by molar-refractivity contribution is 5.79. The molecule has 0 atom stereocenters. The molecule has 0 bridgehead atoms. The van der Waals surface area contributed by atoms with E-state index >= 15 is 0 Å². The van der Waals surface area contributed by atoms with E-state index in [4.69, 9.17) is 14.7 Å². The predicted octanol–water partition coefficient (Wildman–Crippen LogP) is 1.19. The Morgan fingerprint density at radius 3 is 2.82 bits per heavy atom. The highest BCUT2D eigenvalue weighted by Crippen LogP contribution is 2.26. The van der Waals surface area contributed by atoms with E-state index in [1.54, 1.807) is 18.2 Å². The van der Waals surface area contributed by atoms with Crippen molar-refractivity contribution in [2.24, 2.45) is 10.6 Å². The molecule has 1 N–H and O–H groups in total. The van der Waals surface area contributed by atoms with Crippen molar-refractivity contribution in [1.29, 1.82) is 0 Å². The fourth-order valence-electron chi connectivity index (χ4n) is 1.46. The maximum atomic E-state index is 13.2. The lowest BCUT2D eigenvalue weighted by atomic mass is 9.88. The van der Waals surface area contributed by atoms with Gasteiger partial charge in [-0.15, -0.1) is 0 Å². The number of aliphatic hydroxyl groups excluding tert-OH is 1. The third-order valence-electron chi connectivity index (χ3n) is 2.69. The van der Waals surface area contributed by atoms with Crippen LogP contribution in [0.2, 0.25) is 0 Å². The third-order valence-corrected chi connectivity index (χ3v) is 2.69. The number of hydrogen-bond donors (Lipinski definition) is 1. The molecule has 0 spiro atoms. The van der Waals surface area contributed by atoms with Crippen molar-refractivity contribution in [3.05, 3.63) is 35.6 Å². The molecule has 1 aromatic carbocycles. The van der Waals surface area contributed by atoms with Crippen molar-refractivity contribution < 1.29 is 19.1 Å². The molecule has 1 fully saturated rings. The molecule has 0 saturated carbocycles. The van der Waals surface area contributed by atoms with Crippen molar-refractivity contribution in [2.45, 2.75) is 0 Å². The lowest BCUT2D eigenvalue weighted by molar-refractivity contribution is -0.168. The molecule has 0 aliphatic carbocycles. The van der Waals surface area contributed by atoms with E-state index < -0.39 is 0 Å². The van der Waals surface area contributed by atoms with Crippen molar-refractivity contribution >= 4 is 6.21 Å². The molecule has 17 heavy (non-hydrogen) atoms. The van der Waals surface area contributed by atoms with E-state index in [1.165, 1.54) is 12.3 Å². The Hall–Kier alpha value is -1.46. The lowest BCUT2D eigenvalue weighted by Gasteiger charge is -2.38. The molecular weight excluding hydrogens is 225 g/mol. The zero-order chi connectivity index (χ0) is 12.1. The van der Waals surface area contributed by atoms with Gasteiger partial charge in [0.1, 0.15) is 12.4 Å². The molecule has 1 aliphatic rings. The van der Waals surface area contributed by atoms with Crippen molar-refractivity contribution in [1.82, 2.24) is 0 Å². The smallest absolute Gasteiger partial charge is 0.132 e. The Morgan fingerprint density at radius 1 is 1.47 bits per heavy atom. The van der Waals surface area contributed by atoms with E-state index in [1.807, 2.05) is 0 Å². The Morgan fingerprint density at radius 2 is 2.24 bits per heavy atom. The fraction of sp³-hybridized carbons (Fsp3) is 0.417. The molecule has 1 aromatic rings.